The number of amides is 1. The van der Waals surface area contributed by atoms with Crippen LogP contribution in [0.3, 0.4) is 0 Å². The van der Waals surface area contributed by atoms with E-state index in [1.807, 2.05) is 60.7 Å². The molecule has 1 atom stereocenters. The van der Waals surface area contributed by atoms with E-state index in [0.29, 0.717) is 10.7 Å². The van der Waals surface area contributed by atoms with Crippen molar-refractivity contribution in [3.8, 4) is 0 Å². The lowest BCUT2D eigenvalue weighted by Gasteiger charge is -2.29. The average molecular weight is 495 g/mol. The van der Waals surface area contributed by atoms with Gasteiger partial charge in [0.15, 0.2) is 0 Å². The van der Waals surface area contributed by atoms with Crippen LogP contribution in [0.15, 0.2) is 102 Å². The van der Waals surface area contributed by atoms with Crippen LogP contribution < -0.4 is 0 Å². The zero-order chi connectivity index (χ0) is 24.5. The average Bonchev–Trinajstić information content (AvgIpc) is 2.86. The lowest BCUT2D eigenvalue weighted by Crippen LogP contribution is -2.46. The highest BCUT2D eigenvalue weighted by molar-refractivity contribution is 6.31. The molecule has 3 rings (SSSR count). The molecule has 1 aromatic heterocycles. The molecular formula is C27H24Cl2N2O3. The molecule has 0 saturated heterocycles. The number of allylic oxidation sites excluding steroid dienone is 4. The smallest absolute Gasteiger partial charge is 0.326 e. The molecule has 3 aromatic rings. The van der Waals surface area contributed by atoms with E-state index in [9.17, 15) is 14.7 Å². The number of carboxylic acids is 1. The number of pyridine rings is 1. The molecule has 0 radical (unpaired) electrons. The van der Waals surface area contributed by atoms with E-state index in [1.165, 1.54) is 23.1 Å². The number of carbonyl (C=O) groups excluding carboxylic acids is 1. The summed E-state index contributed by atoms with van der Waals surface area (Å²) in [6.07, 6.45) is 4.56. The summed E-state index contributed by atoms with van der Waals surface area (Å²) >= 11 is 12.1. The van der Waals surface area contributed by atoms with E-state index in [-0.39, 0.29) is 24.4 Å². The molecule has 0 fully saturated rings. The molecule has 0 aliphatic heterocycles. The number of hydrogen-bond acceptors (Lipinski definition) is 3. The molecule has 1 amide bonds. The van der Waals surface area contributed by atoms with Crippen LogP contribution in [0.1, 0.15) is 11.3 Å². The van der Waals surface area contributed by atoms with Crippen molar-refractivity contribution in [2.24, 2.45) is 0 Å². The number of para-hydroxylation sites is 1. The van der Waals surface area contributed by atoms with E-state index < -0.39 is 17.9 Å². The van der Waals surface area contributed by atoms with Crippen molar-refractivity contribution in [1.82, 2.24) is 9.88 Å². The summed E-state index contributed by atoms with van der Waals surface area (Å²) in [4.78, 5) is 31.9. The summed E-state index contributed by atoms with van der Waals surface area (Å²) in [5, 5.41) is 11.4. The SMILES string of the molecule is C=CC(Cl)=CC=C(CCl)C(=O)N(Cc1ccc2ccccc2n1)C(Cc1ccccc1)C(=O)O. The minimum atomic E-state index is -1.13. The van der Waals surface area contributed by atoms with Crippen LogP contribution in [0.2, 0.25) is 0 Å². The Morgan fingerprint density at radius 1 is 1.03 bits per heavy atom. The zero-order valence-electron chi connectivity index (χ0n) is 18.4. The Hall–Kier alpha value is -3.41. The highest BCUT2D eigenvalue weighted by Gasteiger charge is 2.31. The summed E-state index contributed by atoms with van der Waals surface area (Å²) < 4.78 is 0. The summed E-state index contributed by atoms with van der Waals surface area (Å²) in [6.45, 7) is 3.58. The van der Waals surface area contributed by atoms with Gasteiger partial charge in [-0.1, -0.05) is 84.9 Å². The van der Waals surface area contributed by atoms with Crippen molar-refractivity contribution < 1.29 is 14.7 Å². The largest absolute Gasteiger partial charge is 0.480 e. The summed E-state index contributed by atoms with van der Waals surface area (Å²) in [7, 11) is 0. The molecule has 34 heavy (non-hydrogen) atoms. The Balaban J connectivity index is 2.03. The third-order valence-electron chi connectivity index (χ3n) is 5.24. The van der Waals surface area contributed by atoms with E-state index >= 15 is 0 Å². The minimum absolute atomic E-state index is 0.000597. The van der Waals surface area contributed by atoms with Gasteiger partial charge in [-0.3, -0.25) is 9.78 Å². The fourth-order valence-corrected chi connectivity index (χ4v) is 3.73. The van der Waals surface area contributed by atoms with Crippen molar-refractivity contribution in [1.29, 1.82) is 0 Å². The van der Waals surface area contributed by atoms with Crippen LogP contribution in [-0.2, 0) is 22.6 Å². The van der Waals surface area contributed by atoms with Gasteiger partial charge in [-0.05, 0) is 23.8 Å². The van der Waals surface area contributed by atoms with E-state index in [1.54, 1.807) is 6.07 Å². The zero-order valence-corrected chi connectivity index (χ0v) is 19.9. The highest BCUT2D eigenvalue weighted by Crippen LogP contribution is 2.19. The molecule has 1 heterocycles. The van der Waals surface area contributed by atoms with Crippen molar-refractivity contribution in [3.05, 3.63) is 113 Å². The van der Waals surface area contributed by atoms with E-state index in [0.717, 1.165) is 16.5 Å². The van der Waals surface area contributed by atoms with Crippen LogP contribution in [0.4, 0.5) is 0 Å². The maximum Gasteiger partial charge on any atom is 0.326 e. The second-order valence-corrected chi connectivity index (χ2v) is 8.26. The minimum Gasteiger partial charge on any atom is -0.480 e. The van der Waals surface area contributed by atoms with Gasteiger partial charge < -0.3 is 10.0 Å². The van der Waals surface area contributed by atoms with Crippen molar-refractivity contribution in [2.75, 3.05) is 5.88 Å². The normalized spacial score (nSPS) is 12.9. The van der Waals surface area contributed by atoms with Gasteiger partial charge in [0.1, 0.15) is 6.04 Å². The number of aromatic nitrogens is 1. The first-order valence-corrected chi connectivity index (χ1v) is 11.5. The van der Waals surface area contributed by atoms with Gasteiger partial charge in [-0.25, -0.2) is 4.79 Å². The molecule has 0 bridgehead atoms. The number of benzene rings is 2. The molecule has 2 aromatic carbocycles. The molecular weight excluding hydrogens is 471 g/mol. The maximum atomic E-state index is 13.6. The maximum absolute atomic E-state index is 13.6. The predicted molar refractivity (Wildman–Crippen MR) is 137 cm³/mol. The lowest BCUT2D eigenvalue weighted by molar-refractivity contribution is -0.149. The van der Waals surface area contributed by atoms with Crippen molar-refractivity contribution in [2.45, 2.75) is 19.0 Å². The van der Waals surface area contributed by atoms with Gasteiger partial charge in [0.2, 0.25) is 0 Å². The second kappa shape index (κ2) is 12.2. The van der Waals surface area contributed by atoms with E-state index in [2.05, 4.69) is 11.6 Å². The Labute approximate surface area is 208 Å². The second-order valence-electron chi connectivity index (χ2n) is 7.55. The molecule has 0 aliphatic rings. The van der Waals surface area contributed by atoms with Gasteiger partial charge in [0.05, 0.1) is 23.6 Å². The Kier molecular flexibility index (Phi) is 9.02. The van der Waals surface area contributed by atoms with Gasteiger partial charge in [-0.15, -0.1) is 11.6 Å². The summed E-state index contributed by atoms with van der Waals surface area (Å²) in [6, 6.07) is 19.3. The van der Waals surface area contributed by atoms with Crippen LogP contribution >= 0.6 is 23.2 Å². The van der Waals surface area contributed by atoms with Crippen LogP contribution in [0, 0.1) is 0 Å². The third-order valence-corrected chi connectivity index (χ3v) is 5.81. The predicted octanol–water partition coefficient (Wildman–Crippen LogP) is 5.73. The number of carbonyl (C=O) groups is 2. The molecule has 0 saturated carbocycles. The van der Waals surface area contributed by atoms with Crippen LogP contribution in [0.25, 0.3) is 10.9 Å². The number of nitrogens with zero attached hydrogens (tertiary/aromatic N) is 2. The van der Waals surface area contributed by atoms with E-state index in [4.69, 9.17) is 23.2 Å². The lowest BCUT2D eigenvalue weighted by atomic mass is 10.0. The van der Waals surface area contributed by atoms with Crippen LogP contribution in [-0.4, -0.2) is 38.8 Å². The quantitative estimate of drug-likeness (QED) is 0.222. The van der Waals surface area contributed by atoms with Crippen molar-refractivity contribution >= 4 is 46.0 Å². The van der Waals surface area contributed by atoms with Gasteiger partial charge in [-0.2, -0.15) is 0 Å². The molecule has 0 aliphatic carbocycles. The topological polar surface area (TPSA) is 70.5 Å². The molecule has 1 N–H and O–H groups in total. The monoisotopic (exact) mass is 494 g/mol. The number of halogens is 2. The standard InChI is InChI=1S/C27H24Cl2N2O3/c1-2-22(29)14-12-21(17-28)26(32)31(25(27(33)34)16-19-8-4-3-5-9-19)18-23-15-13-20-10-6-7-11-24(20)30-23/h2-15,25H,1,16-18H2,(H,33,34). The number of hydrogen-bond donors (Lipinski definition) is 1. The summed E-state index contributed by atoms with van der Waals surface area (Å²) in [5.41, 5.74) is 2.34. The number of rotatable bonds is 10. The van der Waals surface area contributed by atoms with Crippen molar-refractivity contribution in [3.63, 3.8) is 0 Å². The molecule has 1 unspecified atom stereocenters. The Morgan fingerprint density at radius 3 is 2.41 bits per heavy atom. The van der Waals surface area contributed by atoms with Gasteiger partial charge >= 0.3 is 5.97 Å². The highest BCUT2D eigenvalue weighted by atomic mass is 35.5. The fourth-order valence-electron chi connectivity index (χ4n) is 3.47. The van der Waals surface area contributed by atoms with Gasteiger partial charge in [0.25, 0.3) is 5.91 Å². The first-order chi connectivity index (χ1) is 16.4. The number of carboxylic acid groups (broad SMARTS) is 1. The Bertz CT molecular complexity index is 1240. The number of fused-ring (bicyclic) bond motifs is 1. The molecule has 7 heteroatoms. The van der Waals surface area contributed by atoms with Crippen LogP contribution in [0.5, 0.6) is 0 Å². The molecule has 5 nitrogen and oxygen atoms in total. The third kappa shape index (κ3) is 6.56. The number of alkyl halides is 1. The summed E-state index contributed by atoms with van der Waals surface area (Å²) in [5.74, 6) is -1.74. The first-order valence-electron chi connectivity index (χ1n) is 10.6. The molecule has 0 spiro atoms. The number of aliphatic carboxylic acids is 1. The fraction of sp³-hybridized carbons (Fsp3) is 0.148. The van der Waals surface area contributed by atoms with Gasteiger partial charge in [0, 0.05) is 22.4 Å². The molecule has 174 valence electrons. The first kappa shape index (κ1) is 25.2. The Morgan fingerprint density at radius 2 is 1.74 bits per heavy atom.